The Kier molecular flexibility index (Phi) is 5.17. The quantitative estimate of drug-likeness (QED) is 0.699. The van der Waals surface area contributed by atoms with E-state index in [2.05, 4.69) is 11.4 Å². The fraction of sp³-hybridized carbons (Fsp3) is 0.231. The van der Waals surface area contributed by atoms with Crippen molar-refractivity contribution < 1.29 is 9.59 Å². The Morgan fingerprint density at radius 2 is 1.60 bits per heavy atom. The normalized spacial score (nSPS) is 18.1. The van der Waals surface area contributed by atoms with E-state index in [9.17, 15) is 9.59 Å². The molecule has 3 aromatic carbocycles. The lowest BCUT2D eigenvalue weighted by molar-refractivity contribution is -0.126. The molecule has 0 bridgehead atoms. The summed E-state index contributed by atoms with van der Waals surface area (Å²) in [6.45, 7) is 6.29. The maximum absolute atomic E-state index is 13.6. The lowest BCUT2D eigenvalue weighted by Crippen LogP contribution is -2.63. The zero-order valence-electron chi connectivity index (χ0n) is 17.6. The van der Waals surface area contributed by atoms with E-state index < -0.39 is 5.54 Å². The van der Waals surface area contributed by atoms with Crippen LogP contribution in [0.15, 0.2) is 72.8 Å². The average Bonchev–Trinajstić information content (AvgIpc) is 2.72. The third-order valence-electron chi connectivity index (χ3n) is 5.73. The molecule has 4 nitrogen and oxygen atoms in total. The molecular formula is C26H26N2O2. The second-order valence-corrected chi connectivity index (χ2v) is 8.26. The van der Waals surface area contributed by atoms with Crippen LogP contribution in [0.1, 0.15) is 39.5 Å². The van der Waals surface area contributed by atoms with Crippen LogP contribution >= 0.6 is 0 Å². The number of amides is 2. The largest absolute Gasteiger partial charge is 0.350 e. The minimum absolute atomic E-state index is 0.140. The first-order chi connectivity index (χ1) is 14.4. The van der Waals surface area contributed by atoms with E-state index in [1.54, 1.807) is 4.90 Å². The van der Waals surface area contributed by atoms with Crippen LogP contribution < -0.4 is 10.2 Å². The van der Waals surface area contributed by atoms with E-state index in [1.807, 2.05) is 87.5 Å². The molecule has 0 spiro atoms. The van der Waals surface area contributed by atoms with Crippen LogP contribution in [0.25, 0.3) is 0 Å². The molecule has 3 aromatic rings. The van der Waals surface area contributed by atoms with Gasteiger partial charge in [-0.05, 0) is 61.2 Å². The number of nitrogens with zero attached hydrogens (tertiary/aromatic N) is 1. The molecular weight excluding hydrogens is 372 g/mol. The molecule has 1 heterocycles. The maximum atomic E-state index is 13.6. The molecule has 0 aliphatic carbocycles. The van der Waals surface area contributed by atoms with E-state index in [1.165, 1.54) is 0 Å². The summed E-state index contributed by atoms with van der Waals surface area (Å²) in [5.41, 5.74) is 4.43. The number of fused-ring (bicyclic) bond motifs is 1. The summed E-state index contributed by atoms with van der Waals surface area (Å²) in [5, 5.41) is 3.06. The molecule has 30 heavy (non-hydrogen) atoms. The minimum atomic E-state index is -1.03. The molecule has 1 aliphatic rings. The predicted octanol–water partition coefficient (Wildman–Crippen LogP) is 4.58. The molecule has 1 N–H and O–H groups in total. The van der Waals surface area contributed by atoms with Crippen LogP contribution in [0.2, 0.25) is 0 Å². The molecule has 0 saturated carbocycles. The van der Waals surface area contributed by atoms with Gasteiger partial charge in [-0.2, -0.15) is 0 Å². The Bertz CT molecular complexity index is 1090. The highest BCUT2D eigenvalue weighted by Gasteiger charge is 2.47. The number of carbonyl (C=O) groups excluding carboxylic acids is 2. The number of hydrogen-bond acceptors (Lipinski definition) is 2. The topological polar surface area (TPSA) is 49.4 Å². The highest BCUT2D eigenvalue weighted by Crippen LogP contribution is 2.36. The van der Waals surface area contributed by atoms with Crippen molar-refractivity contribution in [3.63, 3.8) is 0 Å². The summed E-state index contributed by atoms with van der Waals surface area (Å²) in [4.78, 5) is 28.8. The lowest BCUT2D eigenvalue weighted by Gasteiger charge is -2.44. The summed E-state index contributed by atoms with van der Waals surface area (Å²) < 4.78 is 0. The van der Waals surface area contributed by atoms with E-state index in [0.717, 1.165) is 27.9 Å². The number of hydrogen-bond donors (Lipinski definition) is 1. The van der Waals surface area contributed by atoms with Gasteiger partial charge in [0.1, 0.15) is 5.54 Å². The van der Waals surface area contributed by atoms with Crippen LogP contribution in [0.5, 0.6) is 0 Å². The summed E-state index contributed by atoms with van der Waals surface area (Å²) in [6, 6.07) is 23.4. The van der Waals surface area contributed by atoms with Crippen molar-refractivity contribution in [3.05, 3.63) is 101 Å². The van der Waals surface area contributed by atoms with Crippen molar-refractivity contribution in [2.75, 3.05) is 4.90 Å². The van der Waals surface area contributed by atoms with Crippen molar-refractivity contribution in [3.8, 4) is 0 Å². The molecule has 2 amide bonds. The van der Waals surface area contributed by atoms with Crippen molar-refractivity contribution in [1.82, 2.24) is 5.32 Å². The summed E-state index contributed by atoms with van der Waals surface area (Å²) in [7, 11) is 0. The molecule has 4 rings (SSSR count). The van der Waals surface area contributed by atoms with Crippen LogP contribution in [0.4, 0.5) is 5.69 Å². The lowest BCUT2D eigenvalue weighted by atomic mass is 9.82. The smallest absolute Gasteiger partial charge is 0.259 e. The average molecular weight is 399 g/mol. The van der Waals surface area contributed by atoms with Gasteiger partial charge in [-0.1, -0.05) is 54.6 Å². The molecule has 0 unspecified atom stereocenters. The SMILES string of the molecule is Cc1cc(C)cc(N2C(=O)c3ccccc3C[C@@]2(C)C(=O)NCc2ccccc2)c1. The monoisotopic (exact) mass is 398 g/mol. The summed E-state index contributed by atoms with van der Waals surface area (Å²) in [5.74, 6) is -0.299. The van der Waals surface area contributed by atoms with E-state index in [0.29, 0.717) is 18.5 Å². The second-order valence-electron chi connectivity index (χ2n) is 8.26. The third-order valence-corrected chi connectivity index (χ3v) is 5.73. The number of rotatable bonds is 4. The number of anilines is 1. The Labute approximate surface area is 177 Å². The Balaban J connectivity index is 1.75. The maximum Gasteiger partial charge on any atom is 0.259 e. The van der Waals surface area contributed by atoms with Gasteiger partial charge in [-0.15, -0.1) is 0 Å². The summed E-state index contributed by atoms with van der Waals surface area (Å²) >= 11 is 0. The molecule has 0 fully saturated rings. The molecule has 0 aromatic heterocycles. The molecule has 0 saturated heterocycles. The van der Waals surface area contributed by atoms with Crippen LogP contribution in [0, 0.1) is 13.8 Å². The second kappa shape index (κ2) is 7.79. The zero-order valence-corrected chi connectivity index (χ0v) is 17.6. The Morgan fingerprint density at radius 1 is 0.967 bits per heavy atom. The fourth-order valence-corrected chi connectivity index (χ4v) is 4.31. The van der Waals surface area contributed by atoms with E-state index >= 15 is 0 Å². The van der Waals surface area contributed by atoms with E-state index in [4.69, 9.17) is 0 Å². The number of aryl methyl sites for hydroxylation is 2. The van der Waals surface area contributed by atoms with Crippen molar-refractivity contribution in [1.29, 1.82) is 0 Å². The predicted molar refractivity (Wildman–Crippen MR) is 120 cm³/mol. The first-order valence-corrected chi connectivity index (χ1v) is 10.2. The van der Waals surface area contributed by atoms with Gasteiger partial charge in [0.2, 0.25) is 5.91 Å². The van der Waals surface area contributed by atoms with Gasteiger partial charge in [0.25, 0.3) is 5.91 Å². The molecule has 4 heteroatoms. The standard InChI is InChI=1S/C26H26N2O2/c1-18-13-19(2)15-22(14-18)28-24(29)23-12-8-7-11-21(23)16-26(28,3)25(30)27-17-20-9-5-4-6-10-20/h4-15H,16-17H2,1-3H3,(H,27,30)/t26-/m0/s1. The number of carbonyl (C=O) groups is 2. The molecule has 0 radical (unpaired) electrons. The Morgan fingerprint density at radius 3 is 2.30 bits per heavy atom. The van der Waals surface area contributed by atoms with Crippen LogP contribution in [-0.4, -0.2) is 17.4 Å². The fourth-order valence-electron chi connectivity index (χ4n) is 4.31. The molecule has 1 atom stereocenters. The van der Waals surface area contributed by atoms with Gasteiger partial charge in [0, 0.05) is 24.2 Å². The molecule has 1 aliphatic heterocycles. The first kappa shape index (κ1) is 19.9. The van der Waals surface area contributed by atoms with Gasteiger partial charge >= 0.3 is 0 Å². The van der Waals surface area contributed by atoms with Crippen molar-refractivity contribution in [2.45, 2.75) is 39.3 Å². The highest BCUT2D eigenvalue weighted by atomic mass is 16.2. The summed E-state index contributed by atoms with van der Waals surface area (Å²) in [6.07, 6.45) is 0.461. The van der Waals surface area contributed by atoms with Crippen LogP contribution in [0.3, 0.4) is 0 Å². The highest BCUT2D eigenvalue weighted by molar-refractivity contribution is 6.14. The van der Waals surface area contributed by atoms with Crippen LogP contribution in [-0.2, 0) is 17.8 Å². The van der Waals surface area contributed by atoms with E-state index in [-0.39, 0.29) is 11.8 Å². The number of benzene rings is 3. The minimum Gasteiger partial charge on any atom is -0.350 e. The van der Waals surface area contributed by atoms with Gasteiger partial charge in [0.05, 0.1) is 0 Å². The van der Waals surface area contributed by atoms with Gasteiger partial charge in [-0.25, -0.2) is 0 Å². The zero-order chi connectivity index (χ0) is 21.3. The van der Waals surface area contributed by atoms with Crippen molar-refractivity contribution >= 4 is 17.5 Å². The van der Waals surface area contributed by atoms with Crippen molar-refractivity contribution in [2.24, 2.45) is 0 Å². The third kappa shape index (κ3) is 3.61. The van der Waals surface area contributed by atoms with Gasteiger partial charge in [-0.3, -0.25) is 14.5 Å². The van der Waals surface area contributed by atoms with Gasteiger partial charge < -0.3 is 5.32 Å². The first-order valence-electron chi connectivity index (χ1n) is 10.2. The Hall–Kier alpha value is -3.40. The molecule has 152 valence electrons. The number of nitrogens with one attached hydrogen (secondary N) is 1. The van der Waals surface area contributed by atoms with Gasteiger partial charge in [0.15, 0.2) is 0 Å².